The molecular formula is C19H15ClN4O2S. The summed E-state index contributed by atoms with van der Waals surface area (Å²) < 4.78 is 7.55. The lowest BCUT2D eigenvalue weighted by molar-refractivity contribution is 0.0998. The van der Waals surface area contributed by atoms with Crippen LogP contribution in [0.5, 0.6) is 0 Å². The van der Waals surface area contributed by atoms with Gasteiger partial charge in [-0.1, -0.05) is 23.7 Å². The summed E-state index contributed by atoms with van der Waals surface area (Å²) in [5.41, 5.74) is 1.96. The van der Waals surface area contributed by atoms with Crippen molar-refractivity contribution in [3.8, 4) is 0 Å². The Morgan fingerprint density at radius 1 is 1.22 bits per heavy atom. The molecule has 2 heterocycles. The number of carbonyl (C=O) groups excluding carboxylic acids is 1. The highest BCUT2D eigenvalue weighted by Crippen LogP contribution is 2.31. The van der Waals surface area contributed by atoms with Gasteiger partial charge in [-0.3, -0.25) is 4.79 Å². The van der Waals surface area contributed by atoms with Gasteiger partial charge in [-0.15, -0.1) is 10.2 Å². The molecule has 1 N–H and O–H groups in total. The Labute approximate surface area is 164 Å². The number of carbonyl (C=O) groups is 1. The standard InChI is InChI=1S/C19H15ClN4O2S/c1-11-14-4-3-5-15(20)17(14)26-16(11)18(25)22-12-6-8-13(9-7-12)27-19-23-21-10-24(19)2/h3-10H,1-2H3,(H,22,25). The topological polar surface area (TPSA) is 73.0 Å². The molecule has 0 bridgehead atoms. The number of aromatic nitrogens is 3. The molecule has 0 saturated carbocycles. The molecule has 0 aliphatic rings. The number of aryl methyl sites for hydroxylation is 2. The van der Waals surface area contributed by atoms with E-state index in [0.717, 1.165) is 21.0 Å². The number of halogens is 1. The third-order valence-corrected chi connectivity index (χ3v) is 5.47. The minimum absolute atomic E-state index is 0.260. The van der Waals surface area contributed by atoms with Crippen LogP contribution in [-0.4, -0.2) is 20.7 Å². The Morgan fingerprint density at radius 3 is 2.67 bits per heavy atom. The summed E-state index contributed by atoms with van der Waals surface area (Å²) >= 11 is 7.65. The third kappa shape index (κ3) is 3.43. The van der Waals surface area contributed by atoms with E-state index >= 15 is 0 Å². The Hall–Kier alpha value is -2.77. The van der Waals surface area contributed by atoms with Crippen LogP contribution in [0.1, 0.15) is 16.1 Å². The van der Waals surface area contributed by atoms with E-state index < -0.39 is 0 Å². The van der Waals surface area contributed by atoms with E-state index in [4.69, 9.17) is 16.0 Å². The van der Waals surface area contributed by atoms with Crippen molar-refractivity contribution >= 4 is 45.9 Å². The number of fused-ring (bicyclic) bond motifs is 1. The number of amides is 1. The lowest BCUT2D eigenvalue weighted by Gasteiger charge is -2.05. The number of furan rings is 1. The lowest BCUT2D eigenvalue weighted by atomic mass is 10.1. The summed E-state index contributed by atoms with van der Waals surface area (Å²) in [6, 6.07) is 13.0. The van der Waals surface area contributed by atoms with Crippen molar-refractivity contribution in [3.63, 3.8) is 0 Å². The average molecular weight is 399 g/mol. The van der Waals surface area contributed by atoms with Crippen LogP contribution in [0.3, 0.4) is 0 Å². The van der Waals surface area contributed by atoms with Gasteiger partial charge in [0.05, 0.1) is 5.02 Å². The Bertz CT molecular complexity index is 1130. The fourth-order valence-corrected chi connectivity index (χ4v) is 3.67. The van der Waals surface area contributed by atoms with Gasteiger partial charge in [0.25, 0.3) is 5.91 Å². The molecule has 8 heteroatoms. The van der Waals surface area contributed by atoms with E-state index in [-0.39, 0.29) is 11.7 Å². The van der Waals surface area contributed by atoms with Crippen molar-refractivity contribution in [1.29, 1.82) is 0 Å². The second kappa shape index (κ2) is 7.09. The Kier molecular flexibility index (Phi) is 4.63. The number of hydrogen-bond acceptors (Lipinski definition) is 5. The zero-order valence-corrected chi connectivity index (χ0v) is 16.1. The molecule has 0 fully saturated rings. The predicted molar refractivity (Wildman–Crippen MR) is 105 cm³/mol. The maximum atomic E-state index is 12.6. The Morgan fingerprint density at radius 2 is 2.00 bits per heavy atom. The van der Waals surface area contributed by atoms with Crippen LogP contribution in [0.2, 0.25) is 5.02 Å². The van der Waals surface area contributed by atoms with Crippen molar-refractivity contribution in [2.75, 3.05) is 5.32 Å². The zero-order valence-electron chi connectivity index (χ0n) is 14.6. The highest BCUT2D eigenvalue weighted by molar-refractivity contribution is 7.99. The van der Waals surface area contributed by atoms with Crippen LogP contribution < -0.4 is 5.32 Å². The van der Waals surface area contributed by atoms with Gasteiger partial charge in [0, 0.05) is 28.6 Å². The highest BCUT2D eigenvalue weighted by Gasteiger charge is 2.19. The SMILES string of the molecule is Cc1c(C(=O)Nc2ccc(Sc3nncn3C)cc2)oc2c(Cl)cccc12. The monoisotopic (exact) mass is 398 g/mol. The number of anilines is 1. The summed E-state index contributed by atoms with van der Waals surface area (Å²) in [6.07, 6.45) is 1.65. The molecule has 0 radical (unpaired) electrons. The van der Waals surface area contributed by atoms with E-state index in [2.05, 4.69) is 15.5 Å². The predicted octanol–water partition coefficient (Wildman–Crippen LogP) is 4.93. The van der Waals surface area contributed by atoms with E-state index in [0.29, 0.717) is 16.3 Å². The fourth-order valence-electron chi connectivity index (χ4n) is 2.69. The van der Waals surface area contributed by atoms with Gasteiger partial charge in [0.1, 0.15) is 6.33 Å². The molecule has 6 nitrogen and oxygen atoms in total. The molecule has 27 heavy (non-hydrogen) atoms. The van der Waals surface area contributed by atoms with Gasteiger partial charge >= 0.3 is 0 Å². The molecule has 4 aromatic rings. The largest absolute Gasteiger partial charge is 0.449 e. The molecule has 0 aliphatic carbocycles. The molecular weight excluding hydrogens is 384 g/mol. The van der Waals surface area contributed by atoms with Crippen LogP contribution >= 0.6 is 23.4 Å². The van der Waals surface area contributed by atoms with E-state index in [1.165, 1.54) is 11.8 Å². The minimum atomic E-state index is -0.312. The van der Waals surface area contributed by atoms with Gasteiger partial charge in [-0.2, -0.15) is 0 Å². The highest BCUT2D eigenvalue weighted by atomic mass is 35.5. The fraction of sp³-hybridized carbons (Fsp3) is 0.105. The maximum absolute atomic E-state index is 12.6. The van der Waals surface area contributed by atoms with E-state index in [1.807, 2.05) is 54.9 Å². The number of benzene rings is 2. The summed E-state index contributed by atoms with van der Waals surface area (Å²) in [6.45, 7) is 1.84. The van der Waals surface area contributed by atoms with Gasteiger partial charge in [0.2, 0.25) is 0 Å². The van der Waals surface area contributed by atoms with Crippen LogP contribution in [0.4, 0.5) is 5.69 Å². The second-order valence-corrected chi connectivity index (χ2v) is 7.43. The maximum Gasteiger partial charge on any atom is 0.291 e. The van der Waals surface area contributed by atoms with Crippen molar-refractivity contribution in [1.82, 2.24) is 14.8 Å². The summed E-state index contributed by atoms with van der Waals surface area (Å²) in [7, 11) is 1.89. The Balaban J connectivity index is 1.52. The van der Waals surface area contributed by atoms with E-state index in [9.17, 15) is 4.79 Å². The first-order chi connectivity index (χ1) is 13.0. The normalized spacial score (nSPS) is 11.1. The minimum Gasteiger partial charge on any atom is -0.449 e. The van der Waals surface area contributed by atoms with Crippen LogP contribution in [0.25, 0.3) is 11.0 Å². The van der Waals surface area contributed by atoms with Crippen molar-refractivity contribution in [3.05, 3.63) is 65.1 Å². The van der Waals surface area contributed by atoms with Crippen molar-refractivity contribution in [2.24, 2.45) is 7.05 Å². The first-order valence-corrected chi connectivity index (χ1v) is 9.33. The molecule has 2 aromatic heterocycles. The molecule has 0 unspecified atom stereocenters. The third-order valence-electron chi connectivity index (χ3n) is 4.11. The van der Waals surface area contributed by atoms with Crippen LogP contribution in [0.15, 0.2) is 63.3 Å². The zero-order chi connectivity index (χ0) is 19.0. The first kappa shape index (κ1) is 17.6. The molecule has 4 rings (SSSR count). The molecule has 136 valence electrons. The van der Waals surface area contributed by atoms with Crippen LogP contribution in [-0.2, 0) is 7.05 Å². The lowest BCUT2D eigenvalue weighted by Crippen LogP contribution is -2.11. The quantitative estimate of drug-likeness (QED) is 0.527. The molecule has 0 spiro atoms. The van der Waals surface area contributed by atoms with Gasteiger partial charge in [-0.05, 0) is 49.0 Å². The van der Waals surface area contributed by atoms with Crippen molar-refractivity contribution in [2.45, 2.75) is 17.0 Å². The second-order valence-electron chi connectivity index (χ2n) is 5.98. The average Bonchev–Trinajstić information content (AvgIpc) is 3.21. The number of nitrogens with zero attached hydrogens (tertiary/aromatic N) is 3. The smallest absolute Gasteiger partial charge is 0.291 e. The summed E-state index contributed by atoms with van der Waals surface area (Å²) in [5.74, 6) is -0.0518. The molecule has 1 amide bonds. The molecule has 0 saturated heterocycles. The first-order valence-electron chi connectivity index (χ1n) is 8.14. The van der Waals surface area contributed by atoms with Crippen LogP contribution in [0, 0.1) is 6.92 Å². The van der Waals surface area contributed by atoms with Gasteiger partial charge < -0.3 is 14.3 Å². The number of para-hydroxylation sites is 1. The van der Waals surface area contributed by atoms with Gasteiger partial charge in [-0.25, -0.2) is 0 Å². The van der Waals surface area contributed by atoms with Gasteiger partial charge in [0.15, 0.2) is 16.5 Å². The molecule has 2 aromatic carbocycles. The molecule has 0 aliphatic heterocycles. The molecule has 0 atom stereocenters. The summed E-state index contributed by atoms with van der Waals surface area (Å²) in [4.78, 5) is 13.6. The van der Waals surface area contributed by atoms with Crippen molar-refractivity contribution < 1.29 is 9.21 Å². The number of hydrogen-bond donors (Lipinski definition) is 1. The summed E-state index contributed by atoms with van der Waals surface area (Å²) in [5, 5.41) is 12.9. The van der Waals surface area contributed by atoms with E-state index in [1.54, 1.807) is 12.4 Å². The number of rotatable bonds is 4. The number of nitrogens with one attached hydrogen (secondary N) is 1.